The van der Waals surface area contributed by atoms with Crippen LogP contribution in [0.15, 0.2) is 28.8 Å². The van der Waals surface area contributed by atoms with Gasteiger partial charge in [0.2, 0.25) is 15.8 Å². The molecule has 0 saturated heterocycles. The molecule has 0 amide bonds. The largest absolute Gasteiger partial charge is 0.573 e. The lowest BCUT2D eigenvalue weighted by Gasteiger charge is -2.29. The molecule has 2 aromatic rings. The molecule has 0 atom stereocenters. The second-order valence-electron chi connectivity index (χ2n) is 8.82. The fourth-order valence-electron chi connectivity index (χ4n) is 3.33. The Kier molecular flexibility index (Phi) is 7.03. The molecule has 1 heterocycles. The van der Waals surface area contributed by atoms with Gasteiger partial charge in [0.1, 0.15) is 5.75 Å². The molecule has 8 nitrogen and oxygen atoms in total. The maximum atomic E-state index is 12.3. The summed E-state index contributed by atoms with van der Waals surface area (Å²) in [6.45, 7) is 5.42. The number of benzene rings is 1. The van der Waals surface area contributed by atoms with Crippen molar-refractivity contribution in [1.82, 2.24) is 14.9 Å². The van der Waals surface area contributed by atoms with Gasteiger partial charge in [0.25, 0.3) is 0 Å². The summed E-state index contributed by atoms with van der Waals surface area (Å²) < 4.78 is 72.1. The molecule has 1 aliphatic rings. The van der Waals surface area contributed by atoms with E-state index in [0.29, 0.717) is 12.1 Å². The minimum Gasteiger partial charge on any atom is -0.406 e. The first-order chi connectivity index (χ1) is 14.8. The second-order valence-corrected chi connectivity index (χ2v) is 11.3. The second kappa shape index (κ2) is 9.26. The standard InChI is InChI=1S/C20H27F3N4O4S/c1-19(2,3)32(28,29)24-12-13-4-8-15(9-5-13)25-18-26-17(27-31-18)14-6-10-16(11-7-14)30-20(21,22)23/h6-7,10-11,13,15,24H,4-5,8-9,12H2,1-3H3,(H,25,26,27)/t13-,15-. The number of alkyl halides is 3. The smallest absolute Gasteiger partial charge is 0.406 e. The van der Waals surface area contributed by atoms with Crippen LogP contribution < -0.4 is 14.8 Å². The predicted octanol–water partition coefficient (Wildman–Crippen LogP) is 4.32. The van der Waals surface area contributed by atoms with Gasteiger partial charge in [-0.2, -0.15) is 4.98 Å². The zero-order valence-corrected chi connectivity index (χ0v) is 18.9. The Labute approximate surface area is 185 Å². The Morgan fingerprint density at radius 2 is 1.72 bits per heavy atom. The average Bonchev–Trinajstić information content (AvgIpc) is 3.14. The molecule has 1 aromatic carbocycles. The van der Waals surface area contributed by atoms with Gasteiger partial charge in [-0.1, -0.05) is 5.16 Å². The van der Waals surface area contributed by atoms with Crippen LogP contribution in [0.5, 0.6) is 5.75 Å². The summed E-state index contributed by atoms with van der Waals surface area (Å²) in [5.74, 6) is 0.182. The number of ether oxygens (including phenoxy) is 1. The first kappa shape index (κ1) is 24.3. The van der Waals surface area contributed by atoms with Crippen molar-refractivity contribution in [1.29, 1.82) is 0 Å². The quantitative estimate of drug-likeness (QED) is 0.613. The van der Waals surface area contributed by atoms with Crippen LogP contribution in [-0.4, -0.2) is 42.3 Å². The average molecular weight is 477 g/mol. The van der Waals surface area contributed by atoms with Crippen LogP contribution in [0.4, 0.5) is 19.2 Å². The van der Waals surface area contributed by atoms with Crippen LogP contribution in [0.25, 0.3) is 11.4 Å². The molecule has 1 saturated carbocycles. The summed E-state index contributed by atoms with van der Waals surface area (Å²) in [7, 11) is -3.36. The van der Waals surface area contributed by atoms with Crippen molar-refractivity contribution in [3.8, 4) is 17.1 Å². The predicted molar refractivity (Wildman–Crippen MR) is 112 cm³/mol. The summed E-state index contributed by atoms with van der Waals surface area (Å²) >= 11 is 0. The third-order valence-corrected chi connectivity index (χ3v) is 7.47. The maximum absolute atomic E-state index is 12.3. The first-order valence-electron chi connectivity index (χ1n) is 10.3. The van der Waals surface area contributed by atoms with E-state index in [1.54, 1.807) is 20.8 Å². The summed E-state index contributed by atoms with van der Waals surface area (Å²) in [4.78, 5) is 4.25. The first-order valence-corrected chi connectivity index (χ1v) is 11.8. The van der Waals surface area contributed by atoms with E-state index in [9.17, 15) is 21.6 Å². The van der Waals surface area contributed by atoms with Crippen LogP contribution in [0.2, 0.25) is 0 Å². The van der Waals surface area contributed by atoms with Gasteiger partial charge in [-0.05, 0) is 76.6 Å². The van der Waals surface area contributed by atoms with E-state index in [0.717, 1.165) is 25.7 Å². The fourth-order valence-corrected chi connectivity index (χ4v) is 4.22. The van der Waals surface area contributed by atoms with E-state index in [1.165, 1.54) is 24.3 Å². The maximum Gasteiger partial charge on any atom is 0.573 e. The summed E-state index contributed by atoms with van der Waals surface area (Å²) in [6, 6.07) is 5.54. The van der Waals surface area contributed by atoms with Crippen LogP contribution in [-0.2, 0) is 10.0 Å². The highest BCUT2D eigenvalue weighted by Gasteiger charge is 2.31. The third kappa shape index (κ3) is 6.58. The fraction of sp³-hybridized carbons (Fsp3) is 0.600. The number of hydrogen-bond acceptors (Lipinski definition) is 7. The van der Waals surface area contributed by atoms with E-state index < -0.39 is 21.1 Å². The van der Waals surface area contributed by atoms with Gasteiger partial charge >= 0.3 is 12.4 Å². The number of rotatable bonds is 7. The number of nitrogens with zero attached hydrogens (tertiary/aromatic N) is 2. The molecule has 2 N–H and O–H groups in total. The number of nitrogens with one attached hydrogen (secondary N) is 2. The summed E-state index contributed by atoms with van der Waals surface area (Å²) in [5.41, 5.74) is 0.492. The van der Waals surface area contributed by atoms with E-state index in [4.69, 9.17) is 4.52 Å². The van der Waals surface area contributed by atoms with Gasteiger partial charge in [0, 0.05) is 18.2 Å². The Bertz CT molecular complexity index is 993. The molecule has 0 spiro atoms. The van der Waals surface area contributed by atoms with Gasteiger partial charge in [-0.25, -0.2) is 13.1 Å². The molecular weight excluding hydrogens is 449 g/mol. The molecule has 0 aliphatic heterocycles. The number of anilines is 1. The monoisotopic (exact) mass is 476 g/mol. The molecule has 1 aliphatic carbocycles. The van der Waals surface area contributed by atoms with E-state index in [1.807, 2.05) is 0 Å². The van der Waals surface area contributed by atoms with Crippen molar-refractivity contribution >= 4 is 16.0 Å². The zero-order valence-electron chi connectivity index (χ0n) is 18.1. The molecule has 178 valence electrons. The Balaban J connectivity index is 1.48. The zero-order chi connectivity index (χ0) is 23.6. The minimum absolute atomic E-state index is 0.112. The van der Waals surface area contributed by atoms with Gasteiger partial charge in [0.05, 0.1) is 4.75 Å². The van der Waals surface area contributed by atoms with Crippen LogP contribution >= 0.6 is 0 Å². The van der Waals surface area contributed by atoms with Crippen LogP contribution in [0.3, 0.4) is 0 Å². The van der Waals surface area contributed by atoms with Gasteiger partial charge < -0.3 is 14.6 Å². The summed E-state index contributed by atoms with van der Waals surface area (Å²) in [6.07, 6.45) is -1.40. The highest BCUT2D eigenvalue weighted by atomic mass is 32.2. The van der Waals surface area contributed by atoms with E-state index >= 15 is 0 Å². The number of sulfonamides is 1. The molecular formula is C20H27F3N4O4S. The Hall–Kier alpha value is -2.34. The lowest BCUT2D eigenvalue weighted by atomic mass is 9.86. The highest BCUT2D eigenvalue weighted by Crippen LogP contribution is 2.28. The van der Waals surface area contributed by atoms with Crippen LogP contribution in [0, 0.1) is 5.92 Å². The van der Waals surface area contributed by atoms with Gasteiger partial charge in [-0.3, -0.25) is 0 Å². The van der Waals surface area contributed by atoms with Gasteiger partial charge in [0.15, 0.2) is 0 Å². The molecule has 0 unspecified atom stereocenters. The normalized spacial score (nSPS) is 20.2. The minimum atomic E-state index is -4.75. The molecule has 1 fully saturated rings. The molecule has 0 radical (unpaired) electrons. The SMILES string of the molecule is CC(C)(C)S(=O)(=O)NC[C@H]1CC[C@H](Nc2nc(-c3ccc(OC(F)(F)F)cc3)no2)CC1. The molecule has 32 heavy (non-hydrogen) atoms. The molecule has 0 bridgehead atoms. The molecule has 1 aromatic heterocycles. The topological polar surface area (TPSA) is 106 Å². The molecule has 3 rings (SSSR count). The number of halogens is 3. The van der Waals surface area contributed by atoms with Crippen molar-refractivity contribution in [2.45, 2.75) is 63.6 Å². The third-order valence-electron chi connectivity index (χ3n) is 5.31. The van der Waals surface area contributed by atoms with E-state index in [2.05, 4.69) is 24.9 Å². The molecule has 12 heteroatoms. The summed E-state index contributed by atoms with van der Waals surface area (Å²) in [5, 5.41) is 7.04. The number of aromatic nitrogens is 2. The van der Waals surface area contributed by atoms with E-state index in [-0.39, 0.29) is 29.5 Å². The Morgan fingerprint density at radius 3 is 2.28 bits per heavy atom. The van der Waals surface area contributed by atoms with Crippen molar-refractivity contribution in [2.75, 3.05) is 11.9 Å². The van der Waals surface area contributed by atoms with Gasteiger partial charge in [-0.15, -0.1) is 13.2 Å². The van der Waals surface area contributed by atoms with Crippen molar-refractivity contribution in [3.63, 3.8) is 0 Å². The lowest BCUT2D eigenvalue weighted by molar-refractivity contribution is -0.274. The number of hydrogen-bond donors (Lipinski definition) is 2. The van der Waals surface area contributed by atoms with Crippen molar-refractivity contribution < 1.29 is 30.8 Å². The Morgan fingerprint density at radius 1 is 1.09 bits per heavy atom. The van der Waals surface area contributed by atoms with Crippen molar-refractivity contribution in [2.24, 2.45) is 5.92 Å². The highest BCUT2D eigenvalue weighted by molar-refractivity contribution is 7.90. The van der Waals surface area contributed by atoms with Crippen molar-refractivity contribution in [3.05, 3.63) is 24.3 Å². The lowest BCUT2D eigenvalue weighted by Crippen LogP contribution is -2.42. The van der Waals surface area contributed by atoms with Crippen LogP contribution in [0.1, 0.15) is 46.5 Å².